The number of hydrogen-bond acceptors (Lipinski definition) is 2. The molecule has 0 fully saturated rings. The Kier molecular flexibility index (Phi) is 5.36. The number of halogens is 1. The summed E-state index contributed by atoms with van der Waals surface area (Å²) in [5, 5.41) is 3.31. The van der Waals surface area contributed by atoms with E-state index in [1.54, 1.807) is 6.07 Å². The van der Waals surface area contributed by atoms with E-state index in [4.69, 9.17) is 16.3 Å². The smallest absolute Gasteiger partial charge is 0.262 e. The van der Waals surface area contributed by atoms with Crippen molar-refractivity contribution in [3.05, 3.63) is 83.4 Å². The van der Waals surface area contributed by atoms with Crippen LogP contribution in [0.15, 0.2) is 72.8 Å². The highest BCUT2D eigenvalue weighted by Crippen LogP contribution is 2.30. The van der Waals surface area contributed by atoms with Crippen LogP contribution in [0.25, 0.3) is 11.1 Å². The van der Waals surface area contributed by atoms with Gasteiger partial charge >= 0.3 is 0 Å². The molecule has 0 radical (unpaired) electrons. The lowest BCUT2D eigenvalue weighted by molar-refractivity contribution is -0.118. The van der Waals surface area contributed by atoms with Crippen LogP contribution >= 0.6 is 11.6 Å². The summed E-state index contributed by atoms with van der Waals surface area (Å²) >= 11 is 6.29. The first-order valence-corrected chi connectivity index (χ1v) is 8.34. The third kappa shape index (κ3) is 4.40. The molecule has 3 nitrogen and oxygen atoms in total. The van der Waals surface area contributed by atoms with Crippen LogP contribution in [0.4, 0.5) is 5.69 Å². The number of rotatable bonds is 5. The summed E-state index contributed by atoms with van der Waals surface area (Å²) < 4.78 is 5.56. The summed E-state index contributed by atoms with van der Waals surface area (Å²) in [6.07, 6.45) is 0. The van der Waals surface area contributed by atoms with E-state index in [9.17, 15) is 4.79 Å². The first kappa shape index (κ1) is 17.1. The van der Waals surface area contributed by atoms with Gasteiger partial charge < -0.3 is 10.1 Å². The van der Waals surface area contributed by atoms with Crippen LogP contribution in [-0.4, -0.2) is 12.5 Å². The van der Waals surface area contributed by atoms with Crippen molar-refractivity contribution in [3.8, 4) is 16.9 Å². The van der Waals surface area contributed by atoms with Gasteiger partial charge in [-0.25, -0.2) is 0 Å². The summed E-state index contributed by atoms with van der Waals surface area (Å²) in [5.41, 5.74) is 3.86. The fraction of sp³-hybridized carbons (Fsp3) is 0.0952. The van der Waals surface area contributed by atoms with Crippen molar-refractivity contribution < 1.29 is 9.53 Å². The average Bonchev–Trinajstić information content (AvgIpc) is 2.63. The maximum Gasteiger partial charge on any atom is 0.262 e. The zero-order chi connectivity index (χ0) is 17.6. The van der Waals surface area contributed by atoms with Gasteiger partial charge in [0, 0.05) is 5.69 Å². The number of amides is 1. The Morgan fingerprint density at radius 3 is 2.40 bits per heavy atom. The van der Waals surface area contributed by atoms with Gasteiger partial charge in [0.15, 0.2) is 6.61 Å². The number of ether oxygens (including phenoxy) is 1. The molecule has 0 spiro atoms. The fourth-order valence-corrected chi connectivity index (χ4v) is 2.71. The SMILES string of the molecule is Cc1ccccc1NC(=O)COc1ccc(-c2ccccc2)cc1Cl. The second-order valence-electron chi connectivity index (χ2n) is 5.66. The van der Waals surface area contributed by atoms with Gasteiger partial charge in [-0.1, -0.05) is 66.2 Å². The molecule has 0 unspecified atom stereocenters. The molecule has 1 amide bonds. The highest BCUT2D eigenvalue weighted by molar-refractivity contribution is 6.32. The van der Waals surface area contributed by atoms with Gasteiger partial charge in [0.25, 0.3) is 5.91 Å². The molecule has 0 aliphatic rings. The minimum absolute atomic E-state index is 0.0985. The van der Waals surface area contributed by atoms with Crippen LogP contribution < -0.4 is 10.1 Å². The first-order chi connectivity index (χ1) is 12.1. The minimum atomic E-state index is -0.225. The Labute approximate surface area is 152 Å². The Balaban J connectivity index is 1.63. The molecule has 4 heteroatoms. The van der Waals surface area contributed by atoms with Gasteiger partial charge in [-0.05, 0) is 41.8 Å². The van der Waals surface area contributed by atoms with Gasteiger partial charge in [-0.15, -0.1) is 0 Å². The standard InChI is InChI=1S/C21H18ClNO2/c1-15-7-5-6-10-19(15)23-21(24)14-25-20-12-11-17(13-18(20)22)16-8-3-2-4-9-16/h2-13H,14H2,1H3,(H,23,24). The fourth-order valence-electron chi connectivity index (χ4n) is 2.47. The van der Waals surface area contributed by atoms with E-state index in [-0.39, 0.29) is 12.5 Å². The Bertz CT molecular complexity index is 878. The van der Waals surface area contributed by atoms with Crippen molar-refractivity contribution in [2.75, 3.05) is 11.9 Å². The van der Waals surface area contributed by atoms with E-state index in [1.807, 2.05) is 73.7 Å². The number of benzene rings is 3. The molecule has 3 aromatic rings. The Morgan fingerprint density at radius 2 is 1.68 bits per heavy atom. The Morgan fingerprint density at radius 1 is 0.960 bits per heavy atom. The molecule has 25 heavy (non-hydrogen) atoms. The number of para-hydroxylation sites is 1. The van der Waals surface area contributed by atoms with Gasteiger partial charge in [-0.3, -0.25) is 4.79 Å². The summed E-state index contributed by atoms with van der Waals surface area (Å²) in [7, 11) is 0. The second-order valence-corrected chi connectivity index (χ2v) is 6.07. The van der Waals surface area contributed by atoms with E-state index in [2.05, 4.69) is 5.32 Å². The Hall–Kier alpha value is -2.78. The molecular weight excluding hydrogens is 334 g/mol. The van der Waals surface area contributed by atoms with E-state index < -0.39 is 0 Å². The van der Waals surface area contributed by atoms with Crippen LogP contribution in [0.2, 0.25) is 5.02 Å². The molecule has 126 valence electrons. The van der Waals surface area contributed by atoms with Crippen LogP contribution in [0.1, 0.15) is 5.56 Å². The highest BCUT2D eigenvalue weighted by atomic mass is 35.5. The molecule has 3 aromatic carbocycles. The van der Waals surface area contributed by atoms with Crippen molar-refractivity contribution in [1.82, 2.24) is 0 Å². The van der Waals surface area contributed by atoms with Crippen molar-refractivity contribution in [2.24, 2.45) is 0 Å². The number of aryl methyl sites for hydroxylation is 1. The molecule has 3 rings (SSSR count). The molecule has 0 bridgehead atoms. The van der Waals surface area contributed by atoms with Gasteiger partial charge in [-0.2, -0.15) is 0 Å². The van der Waals surface area contributed by atoms with Gasteiger partial charge in [0.2, 0.25) is 0 Å². The summed E-state index contributed by atoms with van der Waals surface area (Å²) in [6.45, 7) is 1.84. The molecule has 1 N–H and O–H groups in total. The zero-order valence-electron chi connectivity index (χ0n) is 13.8. The summed E-state index contributed by atoms with van der Waals surface area (Å²) in [4.78, 5) is 12.1. The summed E-state index contributed by atoms with van der Waals surface area (Å²) in [5.74, 6) is 0.263. The lowest BCUT2D eigenvalue weighted by atomic mass is 10.1. The lowest BCUT2D eigenvalue weighted by Gasteiger charge is -2.11. The van der Waals surface area contributed by atoms with E-state index in [0.29, 0.717) is 10.8 Å². The molecule has 0 aliphatic heterocycles. The van der Waals surface area contributed by atoms with E-state index >= 15 is 0 Å². The maximum atomic E-state index is 12.1. The molecule has 0 atom stereocenters. The molecule has 0 aliphatic carbocycles. The molecule has 0 saturated carbocycles. The largest absolute Gasteiger partial charge is 0.482 e. The topological polar surface area (TPSA) is 38.3 Å². The van der Waals surface area contributed by atoms with Crippen LogP contribution in [0, 0.1) is 6.92 Å². The molecule has 0 heterocycles. The number of nitrogens with one attached hydrogen (secondary N) is 1. The van der Waals surface area contributed by atoms with Crippen LogP contribution in [-0.2, 0) is 4.79 Å². The first-order valence-electron chi connectivity index (χ1n) is 7.97. The maximum absolute atomic E-state index is 12.1. The van der Waals surface area contributed by atoms with Crippen LogP contribution in [0.5, 0.6) is 5.75 Å². The number of carbonyl (C=O) groups is 1. The monoisotopic (exact) mass is 351 g/mol. The van der Waals surface area contributed by atoms with Crippen molar-refractivity contribution in [1.29, 1.82) is 0 Å². The predicted molar refractivity (Wildman–Crippen MR) is 102 cm³/mol. The van der Waals surface area contributed by atoms with E-state index in [1.165, 1.54) is 0 Å². The normalized spacial score (nSPS) is 10.3. The number of carbonyl (C=O) groups excluding carboxylic acids is 1. The van der Waals surface area contributed by atoms with Crippen molar-refractivity contribution in [2.45, 2.75) is 6.92 Å². The number of hydrogen-bond donors (Lipinski definition) is 1. The van der Waals surface area contributed by atoms with Crippen molar-refractivity contribution >= 4 is 23.2 Å². The van der Waals surface area contributed by atoms with Crippen LogP contribution in [0.3, 0.4) is 0 Å². The zero-order valence-corrected chi connectivity index (χ0v) is 14.6. The average molecular weight is 352 g/mol. The molecule has 0 aromatic heterocycles. The summed E-state index contributed by atoms with van der Waals surface area (Å²) in [6, 6.07) is 23.1. The third-order valence-corrected chi connectivity index (χ3v) is 4.11. The predicted octanol–water partition coefficient (Wildman–Crippen LogP) is 5.33. The van der Waals surface area contributed by atoms with Gasteiger partial charge in [0.05, 0.1) is 5.02 Å². The third-order valence-electron chi connectivity index (χ3n) is 3.82. The lowest BCUT2D eigenvalue weighted by Crippen LogP contribution is -2.20. The number of anilines is 1. The molecule has 0 saturated heterocycles. The molecular formula is C21H18ClNO2. The highest BCUT2D eigenvalue weighted by Gasteiger charge is 2.09. The van der Waals surface area contributed by atoms with Crippen molar-refractivity contribution in [3.63, 3.8) is 0 Å². The quantitative estimate of drug-likeness (QED) is 0.674. The van der Waals surface area contributed by atoms with E-state index in [0.717, 1.165) is 22.4 Å². The minimum Gasteiger partial charge on any atom is -0.482 e. The second kappa shape index (κ2) is 7.86. The van der Waals surface area contributed by atoms with Gasteiger partial charge in [0.1, 0.15) is 5.75 Å².